The normalized spacial score (nSPS) is 12.2. The third-order valence-electron chi connectivity index (χ3n) is 2.48. The zero-order valence-electron chi connectivity index (χ0n) is 10.4. The zero-order valence-corrected chi connectivity index (χ0v) is 10.4. The second-order valence-corrected chi connectivity index (χ2v) is 4.23. The van der Waals surface area contributed by atoms with E-state index in [2.05, 4.69) is 5.32 Å². The van der Waals surface area contributed by atoms with E-state index in [4.69, 9.17) is 4.74 Å². The molecule has 0 aliphatic carbocycles. The molecule has 0 fully saturated rings. The molecule has 1 unspecified atom stereocenters. The molecule has 0 aliphatic heterocycles. The van der Waals surface area contributed by atoms with Gasteiger partial charge in [0.05, 0.1) is 6.61 Å². The van der Waals surface area contributed by atoms with E-state index in [-0.39, 0.29) is 17.6 Å². The lowest BCUT2D eigenvalue weighted by Crippen LogP contribution is -2.29. The molecular weight excluding hydrogens is 221 g/mol. The lowest BCUT2D eigenvalue weighted by molar-refractivity contribution is 0.0934. The average Bonchev–Trinajstić information content (AvgIpc) is 2.30. The van der Waals surface area contributed by atoms with Gasteiger partial charge in [-0.05, 0) is 36.6 Å². The summed E-state index contributed by atoms with van der Waals surface area (Å²) in [5.74, 6) is -0.226. The Hall–Kier alpha value is -1.42. The molecule has 17 heavy (non-hydrogen) atoms. The van der Waals surface area contributed by atoms with Crippen LogP contribution >= 0.6 is 0 Å². The molecule has 1 aromatic carbocycles. The third-order valence-corrected chi connectivity index (χ3v) is 2.48. The Kier molecular flexibility index (Phi) is 5.10. The third kappa shape index (κ3) is 4.15. The van der Waals surface area contributed by atoms with Gasteiger partial charge < -0.3 is 10.1 Å². The van der Waals surface area contributed by atoms with E-state index in [1.165, 1.54) is 12.1 Å². The molecule has 1 rings (SSSR count). The molecular formula is C13H18FNO2. The van der Waals surface area contributed by atoms with Gasteiger partial charge in [0.2, 0.25) is 0 Å². The van der Waals surface area contributed by atoms with Gasteiger partial charge in [0, 0.05) is 19.2 Å². The van der Waals surface area contributed by atoms with Crippen molar-refractivity contribution in [3.63, 3.8) is 0 Å². The standard InChI is InChI=1S/C13H18FNO2/c1-9(8-17-3)7-15-13(16)11-4-5-12(14)10(2)6-11/h4-6,9H,7-8H2,1-3H3,(H,15,16). The van der Waals surface area contributed by atoms with Crippen LogP contribution in [0, 0.1) is 18.7 Å². The Morgan fingerprint density at radius 3 is 2.82 bits per heavy atom. The van der Waals surface area contributed by atoms with E-state index in [0.29, 0.717) is 24.3 Å². The molecule has 0 spiro atoms. The first kappa shape index (κ1) is 13.6. The highest BCUT2D eigenvalue weighted by Crippen LogP contribution is 2.09. The molecule has 94 valence electrons. The molecule has 1 atom stereocenters. The zero-order chi connectivity index (χ0) is 12.8. The van der Waals surface area contributed by atoms with Crippen molar-refractivity contribution in [1.82, 2.24) is 5.32 Å². The maximum atomic E-state index is 13.0. The summed E-state index contributed by atoms with van der Waals surface area (Å²) in [6.07, 6.45) is 0. The summed E-state index contributed by atoms with van der Waals surface area (Å²) in [6, 6.07) is 4.34. The maximum absolute atomic E-state index is 13.0. The molecule has 0 bridgehead atoms. The number of carbonyl (C=O) groups excluding carboxylic acids is 1. The Bertz CT molecular complexity index is 393. The Balaban J connectivity index is 2.55. The predicted molar refractivity (Wildman–Crippen MR) is 64.5 cm³/mol. The van der Waals surface area contributed by atoms with Crippen LogP contribution in [-0.2, 0) is 4.74 Å². The van der Waals surface area contributed by atoms with E-state index in [0.717, 1.165) is 0 Å². The van der Waals surface area contributed by atoms with Crippen molar-refractivity contribution in [3.8, 4) is 0 Å². The van der Waals surface area contributed by atoms with E-state index < -0.39 is 0 Å². The summed E-state index contributed by atoms with van der Waals surface area (Å²) in [5, 5.41) is 2.79. The quantitative estimate of drug-likeness (QED) is 0.855. The highest BCUT2D eigenvalue weighted by molar-refractivity contribution is 5.94. The van der Waals surface area contributed by atoms with Crippen LogP contribution in [0.4, 0.5) is 4.39 Å². The van der Waals surface area contributed by atoms with Gasteiger partial charge >= 0.3 is 0 Å². The highest BCUT2D eigenvalue weighted by atomic mass is 19.1. The van der Waals surface area contributed by atoms with E-state index >= 15 is 0 Å². The number of halogens is 1. The van der Waals surface area contributed by atoms with Gasteiger partial charge in [-0.15, -0.1) is 0 Å². The minimum atomic E-state index is -0.297. The Labute approximate surface area is 101 Å². The van der Waals surface area contributed by atoms with E-state index in [1.54, 1.807) is 20.1 Å². The van der Waals surface area contributed by atoms with Gasteiger partial charge in [-0.25, -0.2) is 4.39 Å². The fourth-order valence-corrected chi connectivity index (χ4v) is 1.50. The van der Waals surface area contributed by atoms with Crippen molar-refractivity contribution in [1.29, 1.82) is 0 Å². The summed E-state index contributed by atoms with van der Waals surface area (Å²) in [5.41, 5.74) is 0.955. The second kappa shape index (κ2) is 6.35. The van der Waals surface area contributed by atoms with Crippen molar-refractivity contribution in [2.75, 3.05) is 20.3 Å². The Morgan fingerprint density at radius 2 is 2.24 bits per heavy atom. The number of amides is 1. The van der Waals surface area contributed by atoms with Crippen molar-refractivity contribution >= 4 is 5.91 Å². The molecule has 3 nitrogen and oxygen atoms in total. The SMILES string of the molecule is COCC(C)CNC(=O)c1ccc(F)c(C)c1. The average molecular weight is 239 g/mol. The second-order valence-electron chi connectivity index (χ2n) is 4.23. The molecule has 0 radical (unpaired) electrons. The molecule has 0 saturated carbocycles. The van der Waals surface area contributed by atoms with Crippen molar-refractivity contribution in [3.05, 3.63) is 35.1 Å². The summed E-state index contributed by atoms with van der Waals surface area (Å²) in [7, 11) is 1.63. The van der Waals surface area contributed by atoms with Crippen LogP contribution in [-0.4, -0.2) is 26.2 Å². The summed E-state index contributed by atoms with van der Waals surface area (Å²) in [6.45, 7) is 4.77. The fourth-order valence-electron chi connectivity index (χ4n) is 1.50. The first-order valence-electron chi connectivity index (χ1n) is 5.58. The number of nitrogens with one attached hydrogen (secondary N) is 1. The topological polar surface area (TPSA) is 38.3 Å². The van der Waals surface area contributed by atoms with Crippen LogP contribution < -0.4 is 5.32 Å². The van der Waals surface area contributed by atoms with E-state index in [9.17, 15) is 9.18 Å². The van der Waals surface area contributed by atoms with Crippen LogP contribution in [0.5, 0.6) is 0 Å². The number of hydrogen-bond acceptors (Lipinski definition) is 2. The van der Waals surface area contributed by atoms with Gasteiger partial charge in [0.15, 0.2) is 0 Å². The molecule has 0 saturated heterocycles. The molecule has 1 aromatic rings. The van der Waals surface area contributed by atoms with Crippen LogP contribution in [0.25, 0.3) is 0 Å². The van der Waals surface area contributed by atoms with Crippen molar-refractivity contribution in [2.24, 2.45) is 5.92 Å². The van der Waals surface area contributed by atoms with Crippen LogP contribution in [0.3, 0.4) is 0 Å². The van der Waals surface area contributed by atoms with Gasteiger partial charge in [-0.1, -0.05) is 6.92 Å². The lowest BCUT2D eigenvalue weighted by Gasteiger charge is -2.11. The molecule has 4 heteroatoms. The van der Waals surface area contributed by atoms with Gasteiger partial charge in [-0.2, -0.15) is 0 Å². The molecule has 0 heterocycles. The number of ether oxygens (including phenoxy) is 1. The number of aryl methyl sites for hydroxylation is 1. The first-order chi connectivity index (χ1) is 8.04. The van der Waals surface area contributed by atoms with Gasteiger partial charge in [0.1, 0.15) is 5.82 Å². The fraction of sp³-hybridized carbons (Fsp3) is 0.462. The van der Waals surface area contributed by atoms with Gasteiger partial charge in [-0.3, -0.25) is 4.79 Å². The van der Waals surface area contributed by atoms with Crippen LogP contribution in [0.15, 0.2) is 18.2 Å². The molecule has 1 N–H and O–H groups in total. The Morgan fingerprint density at radius 1 is 1.53 bits per heavy atom. The number of carbonyl (C=O) groups is 1. The molecule has 0 aliphatic rings. The lowest BCUT2D eigenvalue weighted by atomic mass is 10.1. The van der Waals surface area contributed by atoms with Crippen molar-refractivity contribution < 1.29 is 13.9 Å². The monoisotopic (exact) mass is 239 g/mol. The van der Waals surface area contributed by atoms with Gasteiger partial charge in [0.25, 0.3) is 5.91 Å². The predicted octanol–water partition coefficient (Wildman–Crippen LogP) is 2.15. The first-order valence-corrected chi connectivity index (χ1v) is 5.58. The highest BCUT2D eigenvalue weighted by Gasteiger charge is 2.09. The number of methoxy groups -OCH3 is 1. The molecule has 1 amide bonds. The van der Waals surface area contributed by atoms with Crippen LogP contribution in [0.2, 0.25) is 0 Å². The maximum Gasteiger partial charge on any atom is 0.251 e. The minimum Gasteiger partial charge on any atom is -0.384 e. The molecule has 0 aromatic heterocycles. The van der Waals surface area contributed by atoms with Crippen LogP contribution in [0.1, 0.15) is 22.8 Å². The number of rotatable bonds is 5. The summed E-state index contributed by atoms with van der Waals surface area (Å²) in [4.78, 5) is 11.7. The largest absolute Gasteiger partial charge is 0.384 e. The number of benzene rings is 1. The van der Waals surface area contributed by atoms with E-state index in [1.807, 2.05) is 6.92 Å². The summed E-state index contributed by atoms with van der Waals surface area (Å²) < 4.78 is 18.0. The smallest absolute Gasteiger partial charge is 0.251 e. The number of hydrogen-bond donors (Lipinski definition) is 1. The van der Waals surface area contributed by atoms with Crippen molar-refractivity contribution in [2.45, 2.75) is 13.8 Å². The summed E-state index contributed by atoms with van der Waals surface area (Å²) >= 11 is 0. The minimum absolute atomic E-state index is 0.184.